The molecule has 2 heterocycles. The first-order chi connectivity index (χ1) is 9.72. The van der Waals surface area contributed by atoms with E-state index in [0.29, 0.717) is 24.5 Å². The second-order valence-electron chi connectivity index (χ2n) is 7.02. The van der Waals surface area contributed by atoms with E-state index in [4.69, 9.17) is 0 Å². The summed E-state index contributed by atoms with van der Waals surface area (Å²) in [6.07, 6.45) is 7.51. The zero-order chi connectivity index (χ0) is 13.9. The van der Waals surface area contributed by atoms with Gasteiger partial charge in [0.25, 0.3) is 0 Å². The Balaban J connectivity index is 1.49. The number of nitrogens with zero attached hydrogens (tertiary/aromatic N) is 2. The molecule has 4 heteroatoms. The molecule has 2 saturated heterocycles. The van der Waals surface area contributed by atoms with Crippen LogP contribution in [0.1, 0.15) is 45.4 Å². The molecule has 0 aromatic rings. The van der Waals surface area contributed by atoms with Gasteiger partial charge in [0.1, 0.15) is 0 Å². The van der Waals surface area contributed by atoms with Gasteiger partial charge in [-0.25, -0.2) is 0 Å². The van der Waals surface area contributed by atoms with Crippen molar-refractivity contribution >= 4 is 5.91 Å². The third-order valence-corrected chi connectivity index (χ3v) is 5.16. The van der Waals surface area contributed by atoms with Gasteiger partial charge in [0.05, 0.1) is 6.54 Å². The molecule has 3 aliphatic rings. The normalized spacial score (nSPS) is 28.3. The minimum Gasteiger partial charge on any atom is -0.342 e. The van der Waals surface area contributed by atoms with Crippen LogP contribution in [0.2, 0.25) is 0 Å². The van der Waals surface area contributed by atoms with Crippen LogP contribution < -0.4 is 5.32 Å². The van der Waals surface area contributed by atoms with E-state index in [1.807, 2.05) is 0 Å². The minimum atomic E-state index is 0.363. The van der Waals surface area contributed by atoms with Crippen molar-refractivity contribution in [2.45, 2.75) is 57.5 Å². The van der Waals surface area contributed by atoms with Gasteiger partial charge in [-0.3, -0.25) is 9.69 Å². The van der Waals surface area contributed by atoms with E-state index in [-0.39, 0.29) is 0 Å². The topological polar surface area (TPSA) is 35.6 Å². The Morgan fingerprint density at radius 2 is 1.95 bits per heavy atom. The minimum absolute atomic E-state index is 0.363. The molecule has 1 saturated carbocycles. The maximum atomic E-state index is 12.5. The van der Waals surface area contributed by atoms with Crippen LogP contribution in [0.4, 0.5) is 0 Å². The van der Waals surface area contributed by atoms with Crippen LogP contribution in [0.5, 0.6) is 0 Å². The van der Waals surface area contributed by atoms with Gasteiger partial charge in [0.2, 0.25) is 5.91 Å². The SMILES string of the molecule is CC1CCN(C(=O)CN(CC2CCCN2)C2CC2)CC1. The van der Waals surface area contributed by atoms with E-state index in [9.17, 15) is 4.79 Å². The zero-order valence-electron chi connectivity index (χ0n) is 12.8. The molecule has 1 aliphatic carbocycles. The average molecular weight is 279 g/mol. The molecule has 1 atom stereocenters. The lowest BCUT2D eigenvalue weighted by Gasteiger charge is -2.33. The van der Waals surface area contributed by atoms with Crippen LogP contribution in [0.25, 0.3) is 0 Å². The lowest BCUT2D eigenvalue weighted by atomic mass is 9.99. The van der Waals surface area contributed by atoms with Crippen molar-refractivity contribution in [3.63, 3.8) is 0 Å². The molecular weight excluding hydrogens is 250 g/mol. The van der Waals surface area contributed by atoms with Gasteiger partial charge in [0.15, 0.2) is 0 Å². The smallest absolute Gasteiger partial charge is 0.236 e. The lowest BCUT2D eigenvalue weighted by Crippen LogP contribution is -2.47. The van der Waals surface area contributed by atoms with Crippen LogP contribution in [-0.4, -0.2) is 60.5 Å². The first kappa shape index (κ1) is 14.3. The Morgan fingerprint density at radius 3 is 2.55 bits per heavy atom. The number of rotatable bonds is 5. The van der Waals surface area contributed by atoms with E-state index in [2.05, 4.69) is 22.0 Å². The largest absolute Gasteiger partial charge is 0.342 e. The van der Waals surface area contributed by atoms with Crippen molar-refractivity contribution < 1.29 is 4.79 Å². The van der Waals surface area contributed by atoms with Crippen molar-refractivity contribution in [2.75, 3.05) is 32.7 Å². The summed E-state index contributed by atoms with van der Waals surface area (Å²) in [5.41, 5.74) is 0. The Kier molecular flexibility index (Phi) is 4.61. The second-order valence-corrected chi connectivity index (χ2v) is 7.02. The van der Waals surface area contributed by atoms with E-state index < -0.39 is 0 Å². The van der Waals surface area contributed by atoms with Crippen LogP contribution in [0.3, 0.4) is 0 Å². The molecule has 2 aliphatic heterocycles. The fourth-order valence-corrected chi connectivity index (χ4v) is 3.51. The average Bonchev–Trinajstić information content (AvgIpc) is 3.17. The van der Waals surface area contributed by atoms with Gasteiger partial charge in [-0.2, -0.15) is 0 Å². The molecule has 3 rings (SSSR count). The first-order valence-corrected chi connectivity index (χ1v) is 8.47. The molecule has 1 unspecified atom stereocenters. The number of nitrogens with one attached hydrogen (secondary N) is 1. The zero-order valence-corrected chi connectivity index (χ0v) is 12.8. The third kappa shape index (κ3) is 3.73. The van der Waals surface area contributed by atoms with Gasteiger partial charge in [-0.15, -0.1) is 0 Å². The Labute approximate surface area is 122 Å². The van der Waals surface area contributed by atoms with Gasteiger partial charge < -0.3 is 10.2 Å². The Morgan fingerprint density at radius 1 is 1.20 bits per heavy atom. The summed E-state index contributed by atoms with van der Waals surface area (Å²) in [7, 11) is 0. The molecule has 20 heavy (non-hydrogen) atoms. The summed E-state index contributed by atoms with van der Waals surface area (Å²) in [6, 6.07) is 1.30. The number of likely N-dealkylation sites (tertiary alicyclic amines) is 1. The maximum absolute atomic E-state index is 12.5. The Bertz CT molecular complexity index is 329. The molecule has 0 aromatic carbocycles. The van der Waals surface area contributed by atoms with Gasteiger partial charge in [-0.05, 0) is 51.0 Å². The molecule has 4 nitrogen and oxygen atoms in total. The molecule has 3 fully saturated rings. The highest BCUT2D eigenvalue weighted by Crippen LogP contribution is 2.28. The van der Waals surface area contributed by atoms with Gasteiger partial charge in [0, 0.05) is 31.7 Å². The summed E-state index contributed by atoms with van der Waals surface area (Å²) in [4.78, 5) is 17.0. The first-order valence-electron chi connectivity index (χ1n) is 8.47. The maximum Gasteiger partial charge on any atom is 0.236 e. The molecule has 0 bridgehead atoms. The highest BCUT2D eigenvalue weighted by Gasteiger charge is 2.33. The number of carbonyl (C=O) groups excluding carboxylic acids is 1. The van der Waals surface area contributed by atoms with E-state index >= 15 is 0 Å². The lowest BCUT2D eigenvalue weighted by molar-refractivity contribution is -0.134. The van der Waals surface area contributed by atoms with Crippen LogP contribution in [0.15, 0.2) is 0 Å². The van der Waals surface area contributed by atoms with Crippen molar-refractivity contribution in [1.82, 2.24) is 15.1 Å². The van der Waals surface area contributed by atoms with Gasteiger partial charge in [-0.1, -0.05) is 6.92 Å². The third-order valence-electron chi connectivity index (χ3n) is 5.16. The number of amides is 1. The number of carbonyl (C=O) groups is 1. The van der Waals surface area contributed by atoms with Crippen molar-refractivity contribution in [1.29, 1.82) is 0 Å². The fraction of sp³-hybridized carbons (Fsp3) is 0.938. The monoisotopic (exact) mass is 279 g/mol. The van der Waals surface area contributed by atoms with Crippen molar-refractivity contribution in [3.8, 4) is 0 Å². The van der Waals surface area contributed by atoms with E-state index in [0.717, 1.165) is 32.1 Å². The standard InChI is InChI=1S/C16H29N3O/c1-13-6-9-18(10-7-13)16(20)12-19(15-4-5-15)11-14-3-2-8-17-14/h13-15,17H,2-12H2,1H3. The fourth-order valence-electron chi connectivity index (χ4n) is 3.51. The van der Waals surface area contributed by atoms with E-state index in [1.54, 1.807) is 0 Å². The highest BCUT2D eigenvalue weighted by atomic mass is 16.2. The summed E-state index contributed by atoms with van der Waals surface area (Å²) < 4.78 is 0. The van der Waals surface area contributed by atoms with Crippen molar-refractivity contribution in [3.05, 3.63) is 0 Å². The summed E-state index contributed by atoms with van der Waals surface area (Å²) in [5, 5.41) is 3.56. The van der Waals surface area contributed by atoms with Crippen LogP contribution >= 0.6 is 0 Å². The summed E-state index contributed by atoms with van der Waals surface area (Å²) in [6.45, 7) is 7.11. The van der Waals surface area contributed by atoms with E-state index in [1.165, 1.54) is 38.5 Å². The van der Waals surface area contributed by atoms with Crippen molar-refractivity contribution in [2.24, 2.45) is 5.92 Å². The highest BCUT2D eigenvalue weighted by molar-refractivity contribution is 5.78. The molecule has 0 spiro atoms. The summed E-state index contributed by atoms with van der Waals surface area (Å²) in [5.74, 6) is 1.16. The number of hydrogen-bond acceptors (Lipinski definition) is 3. The van der Waals surface area contributed by atoms with Gasteiger partial charge >= 0.3 is 0 Å². The molecule has 1 N–H and O–H groups in total. The number of hydrogen-bond donors (Lipinski definition) is 1. The quantitative estimate of drug-likeness (QED) is 0.827. The molecule has 114 valence electrons. The summed E-state index contributed by atoms with van der Waals surface area (Å²) >= 11 is 0. The molecule has 0 radical (unpaired) electrons. The predicted molar refractivity (Wildman–Crippen MR) is 80.6 cm³/mol. The second kappa shape index (κ2) is 6.44. The molecular formula is C16H29N3O. The number of piperidine rings is 1. The van der Waals surface area contributed by atoms with Crippen LogP contribution in [0, 0.1) is 5.92 Å². The Hall–Kier alpha value is -0.610. The van der Waals surface area contributed by atoms with Crippen LogP contribution in [-0.2, 0) is 4.79 Å². The molecule has 0 aromatic heterocycles. The molecule has 1 amide bonds. The predicted octanol–water partition coefficient (Wildman–Crippen LogP) is 1.46.